The van der Waals surface area contributed by atoms with Crippen LogP contribution in [0.25, 0.3) is 0 Å². The summed E-state index contributed by atoms with van der Waals surface area (Å²) in [5.41, 5.74) is 1.18. The second-order valence-corrected chi connectivity index (χ2v) is 3.94. The number of thioether (sulfide) groups is 1. The number of carbonyl (C=O) groups excluding carboxylic acids is 1. The second kappa shape index (κ2) is 6.49. The first-order chi connectivity index (χ1) is 6.83. The molecule has 1 N–H and O–H groups in total. The van der Waals surface area contributed by atoms with Crippen LogP contribution in [0.5, 0.6) is 0 Å². The summed E-state index contributed by atoms with van der Waals surface area (Å²) in [6.45, 7) is 2.81. The highest BCUT2D eigenvalue weighted by atomic mass is 32.2. The molecule has 0 heterocycles. The maximum atomic E-state index is 11.2. The zero-order valence-corrected chi connectivity index (χ0v) is 9.14. The molecule has 1 rings (SSSR count). The minimum absolute atomic E-state index is 0.0655. The van der Waals surface area contributed by atoms with E-state index in [2.05, 4.69) is 5.32 Å². The van der Waals surface area contributed by atoms with Gasteiger partial charge in [-0.1, -0.05) is 49.0 Å². The molecule has 0 atom stereocenters. The summed E-state index contributed by atoms with van der Waals surface area (Å²) in [5, 5.41) is 2.89. The van der Waals surface area contributed by atoms with E-state index in [4.69, 9.17) is 0 Å². The van der Waals surface area contributed by atoms with Crippen LogP contribution >= 0.6 is 11.8 Å². The van der Waals surface area contributed by atoms with E-state index in [-0.39, 0.29) is 5.24 Å². The van der Waals surface area contributed by atoms with Crippen LogP contribution < -0.4 is 5.32 Å². The Balaban J connectivity index is 2.24. The van der Waals surface area contributed by atoms with E-state index >= 15 is 0 Å². The third kappa shape index (κ3) is 4.33. The van der Waals surface area contributed by atoms with Crippen molar-refractivity contribution in [2.45, 2.75) is 19.1 Å². The summed E-state index contributed by atoms with van der Waals surface area (Å²) in [5.74, 6) is 0.746. The molecule has 1 aromatic carbocycles. The lowest BCUT2D eigenvalue weighted by Crippen LogP contribution is -2.19. The van der Waals surface area contributed by atoms with Gasteiger partial charge >= 0.3 is 0 Å². The fourth-order valence-corrected chi connectivity index (χ4v) is 1.70. The lowest BCUT2D eigenvalue weighted by Gasteiger charge is -2.02. The van der Waals surface area contributed by atoms with E-state index in [1.54, 1.807) is 0 Å². The minimum Gasteiger partial charge on any atom is -0.347 e. The highest BCUT2D eigenvalue weighted by Gasteiger charge is 2.00. The molecular formula is C11H15NOS. The maximum Gasteiger partial charge on any atom is 0.279 e. The molecular weight excluding hydrogens is 194 g/mol. The smallest absolute Gasteiger partial charge is 0.279 e. The molecule has 76 valence electrons. The third-order valence-corrected chi connectivity index (χ3v) is 2.62. The van der Waals surface area contributed by atoms with Gasteiger partial charge in [0.1, 0.15) is 0 Å². The predicted molar refractivity (Wildman–Crippen MR) is 61.4 cm³/mol. The fourth-order valence-electron chi connectivity index (χ4n) is 1.00. The van der Waals surface area contributed by atoms with Gasteiger partial charge in [0.2, 0.25) is 0 Å². The first kappa shape index (κ1) is 11.1. The predicted octanol–water partition coefficient (Wildman–Crippen LogP) is 3.04. The van der Waals surface area contributed by atoms with Crippen molar-refractivity contribution in [1.82, 2.24) is 5.32 Å². The maximum absolute atomic E-state index is 11.2. The standard InChI is InChI=1S/C11H15NOS/c1-2-8-12-11(13)14-9-10-6-4-3-5-7-10/h3-7H,2,8-9H2,1H3,(H,12,13). The Morgan fingerprint density at radius 1 is 1.36 bits per heavy atom. The van der Waals surface area contributed by atoms with E-state index in [0.717, 1.165) is 18.7 Å². The summed E-state index contributed by atoms with van der Waals surface area (Å²) in [6.07, 6.45) is 0.984. The largest absolute Gasteiger partial charge is 0.347 e. The normalized spacial score (nSPS) is 9.79. The van der Waals surface area contributed by atoms with Gasteiger partial charge in [-0.3, -0.25) is 4.79 Å². The summed E-state index contributed by atoms with van der Waals surface area (Å²) in [6, 6.07) is 10.0. The average Bonchev–Trinajstić information content (AvgIpc) is 2.25. The molecule has 0 saturated carbocycles. The topological polar surface area (TPSA) is 29.1 Å². The van der Waals surface area contributed by atoms with Crippen LogP contribution in [0.3, 0.4) is 0 Å². The van der Waals surface area contributed by atoms with Crippen LogP contribution in [0.2, 0.25) is 0 Å². The molecule has 0 radical (unpaired) electrons. The quantitative estimate of drug-likeness (QED) is 0.825. The van der Waals surface area contributed by atoms with E-state index < -0.39 is 0 Å². The van der Waals surface area contributed by atoms with Gasteiger partial charge in [0.05, 0.1) is 0 Å². The van der Waals surface area contributed by atoms with Crippen LogP contribution in [-0.2, 0) is 5.75 Å². The van der Waals surface area contributed by atoms with Gasteiger partial charge < -0.3 is 5.32 Å². The number of benzene rings is 1. The van der Waals surface area contributed by atoms with Crippen molar-refractivity contribution >= 4 is 17.0 Å². The number of carbonyl (C=O) groups is 1. The second-order valence-electron chi connectivity index (χ2n) is 2.99. The number of amides is 1. The van der Waals surface area contributed by atoms with Crippen LogP contribution in [0, 0.1) is 0 Å². The van der Waals surface area contributed by atoms with Gasteiger partial charge in [0.25, 0.3) is 5.24 Å². The van der Waals surface area contributed by atoms with E-state index in [1.807, 2.05) is 37.3 Å². The highest BCUT2D eigenvalue weighted by molar-refractivity contribution is 8.12. The molecule has 1 amide bonds. The number of hydrogen-bond acceptors (Lipinski definition) is 2. The minimum atomic E-state index is 0.0655. The van der Waals surface area contributed by atoms with Crippen LogP contribution in [0.4, 0.5) is 4.79 Å². The zero-order valence-electron chi connectivity index (χ0n) is 8.32. The number of rotatable bonds is 4. The molecule has 0 bridgehead atoms. The Morgan fingerprint density at radius 2 is 2.07 bits per heavy atom. The SMILES string of the molecule is CCCNC(=O)SCc1ccccc1. The van der Waals surface area contributed by atoms with Gasteiger partial charge in [-0.2, -0.15) is 0 Å². The monoisotopic (exact) mass is 209 g/mol. The van der Waals surface area contributed by atoms with Gasteiger partial charge in [-0.25, -0.2) is 0 Å². The van der Waals surface area contributed by atoms with Crippen molar-refractivity contribution in [3.8, 4) is 0 Å². The molecule has 0 fully saturated rings. The Bertz CT molecular complexity index is 274. The van der Waals surface area contributed by atoms with Crippen molar-refractivity contribution in [3.05, 3.63) is 35.9 Å². The van der Waals surface area contributed by atoms with Crippen molar-refractivity contribution < 1.29 is 4.79 Å². The van der Waals surface area contributed by atoms with E-state index in [1.165, 1.54) is 17.3 Å². The molecule has 2 nitrogen and oxygen atoms in total. The molecule has 14 heavy (non-hydrogen) atoms. The molecule has 1 aromatic rings. The summed E-state index contributed by atoms with van der Waals surface area (Å²) in [7, 11) is 0. The fraction of sp³-hybridized carbons (Fsp3) is 0.364. The van der Waals surface area contributed by atoms with Crippen LogP contribution in [-0.4, -0.2) is 11.8 Å². The molecule has 0 spiro atoms. The lowest BCUT2D eigenvalue weighted by atomic mass is 10.2. The van der Waals surface area contributed by atoms with Crippen LogP contribution in [0.15, 0.2) is 30.3 Å². The van der Waals surface area contributed by atoms with Crippen molar-refractivity contribution in [2.75, 3.05) is 6.54 Å². The third-order valence-electron chi connectivity index (χ3n) is 1.73. The average molecular weight is 209 g/mol. The van der Waals surface area contributed by atoms with Gasteiger partial charge in [-0.05, 0) is 12.0 Å². The van der Waals surface area contributed by atoms with Gasteiger partial charge in [0, 0.05) is 12.3 Å². The van der Waals surface area contributed by atoms with Crippen LogP contribution in [0.1, 0.15) is 18.9 Å². The Kier molecular flexibility index (Phi) is 5.15. The summed E-state index contributed by atoms with van der Waals surface area (Å²) >= 11 is 1.32. The summed E-state index contributed by atoms with van der Waals surface area (Å²) in [4.78, 5) is 11.2. The molecule has 0 unspecified atom stereocenters. The highest BCUT2D eigenvalue weighted by Crippen LogP contribution is 2.11. The lowest BCUT2D eigenvalue weighted by molar-refractivity contribution is 0.260. The molecule has 0 aliphatic heterocycles. The molecule has 0 aliphatic carbocycles. The van der Waals surface area contributed by atoms with Crippen molar-refractivity contribution in [2.24, 2.45) is 0 Å². The summed E-state index contributed by atoms with van der Waals surface area (Å²) < 4.78 is 0. The molecule has 3 heteroatoms. The first-order valence-electron chi connectivity index (χ1n) is 4.77. The first-order valence-corrected chi connectivity index (χ1v) is 5.76. The molecule has 0 aliphatic rings. The van der Waals surface area contributed by atoms with Gasteiger partial charge in [-0.15, -0.1) is 0 Å². The van der Waals surface area contributed by atoms with E-state index in [0.29, 0.717) is 0 Å². The Labute approximate surface area is 89.1 Å². The Morgan fingerprint density at radius 3 is 2.71 bits per heavy atom. The zero-order chi connectivity index (χ0) is 10.2. The number of nitrogens with one attached hydrogen (secondary N) is 1. The van der Waals surface area contributed by atoms with Crippen molar-refractivity contribution in [3.63, 3.8) is 0 Å². The molecule has 0 saturated heterocycles. The van der Waals surface area contributed by atoms with Gasteiger partial charge in [0.15, 0.2) is 0 Å². The Hall–Kier alpha value is -0.960. The molecule has 0 aromatic heterocycles. The van der Waals surface area contributed by atoms with E-state index in [9.17, 15) is 4.79 Å². The number of hydrogen-bond donors (Lipinski definition) is 1. The van der Waals surface area contributed by atoms with Crippen molar-refractivity contribution in [1.29, 1.82) is 0 Å².